The predicted octanol–water partition coefficient (Wildman–Crippen LogP) is 7.18. The van der Waals surface area contributed by atoms with Gasteiger partial charge in [0, 0.05) is 17.7 Å². The molecule has 1 aromatic heterocycles. The van der Waals surface area contributed by atoms with Crippen LogP contribution < -0.4 is 0 Å². The molecule has 0 radical (unpaired) electrons. The van der Waals surface area contributed by atoms with Crippen LogP contribution in [-0.2, 0) is 17.6 Å². The van der Waals surface area contributed by atoms with E-state index >= 15 is 0 Å². The smallest absolute Gasteiger partial charge is 0.166 e. The normalized spacial score (nSPS) is 18.8. The monoisotopic (exact) mass is 421 g/mol. The summed E-state index contributed by atoms with van der Waals surface area (Å²) in [5.74, 6) is -1.21. The zero-order chi connectivity index (χ0) is 21.8. The molecule has 31 heavy (non-hydrogen) atoms. The Hall–Kier alpha value is -2.59. The first-order chi connectivity index (χ1) is 15.1. The molecule has 1 aliphatic heterocycles. The lowest BCUT2D eigenvalue weighted by molar-refractivity contribution is -0.000115. The lowest BCUT2D eigenvalue weighted by Gasteiger charge is -2.29. The molecular formula is C27H29F2NO. The van der Waals surface area contributed by atoms with Crippen LogP contribution >= 0.6 is 0 Å². The van der Waals surface area contributed by atoms with Gasteiger partial charge < -0.3 is 4.74 Å². The van der Waals surface area contributed by atoms with E-state index < -0.39 is 11.6 Å². The maximum atomic E-state index is 14.5. The van der Waals surface area contributed by atoms with Gasteiger partial charge >= 0.3 is 0 Å². The summed E-state index contributed by atoms with van der Waals surface area (Å²) in [5.41, 5.74) is 4.83. The van der Waals surface area contributed by atoms with Crippen molar-refractivity contribution in [2.24, 2.45) is 0 Å². The first kappa shape index (κ1) is 21.6. The molecule has 0 N–H and O–H groups in total. The van der Waals surface area contributed by atoms with Crippen molar-refractivity contribution in [1.29, 1.82) is 0 Å². The lowest BCUT2D eigenvalue weighted by Crippen LogP contribution is -2.20. The van der Waals surface area contributed by atoms with E-state index in [0.29, 0.717) is 35.6 Å². The number of hydrogen-bond acceptors (Lipinski definition) is 2. The second-order valence-electron chi connectivity index (χ2n) is 8.31. The summed E-state index contributed by atoms with van der Waals surface area (Å²) < 4.78 is 34.8. The minimum Gasteiger partial charge on any atom is -0.371 e. The zero-order valence-corrected chi connectivity index (χ0v) is 18.2. The average molecular weight is 422 g/mol. The molecular weight excluding hydrogens is 392 g/mol. The van der Waals surface area contributed by atoms with Crippen LogP contribution in [0.15, 0.2) is 54.7 Å². The Balaban J connectivity index is 1.41. The third kappa shape index (κ3) is 4.69. The number of benzene rings is 2. The summed E-state index contributed by atoms with van der Waals surface area (Å²) in [6.45, 7) is 4.62. The molecule has 162 valence electrons. The minimum absolute atomic E-state index is 0.0420. The van der Waals surface area contributed by atoms with Gasteiger partial charge in [-0.3, -0.25) is 4.98 Å². The van der Waals surface area contributed by atoms with E-state index in [1.807, 2.05) is 37.4 Å². The second kappa shape index (κ2) is 9.69. The number of ether oxygens (including phenoxy) is 1. The number of aryl methyl sites for hydroxylation is 2. The van der Waals surface area contributed by atoms with E-state index in [9.17, 15) is 8.78 Å². The van der Waals surface area contributed by atoms with Crippen LogP contribution in [0.5, 0.6) is 0 Å². The lowest BCUT2D eigenvalue weighted by atomic mass is 9.89. The van der Waals surface area contributed by atoms with Gasteiger partial charge in [0.15, 0.2) is 11.6 Å². The zero-order valence-electron chi connectivity index (χ0n) is 18.2. The highest BCUT2D eigenvalue weighted by molar-refractivity contribution is 5.65. The Kier molecular flexibility index (Phi) is 6.77. The van der Waals surface area contributed by atoms with E-state index in [4.69, 9.17) is 4.74 Å². The summed E-state index contributed by atoms with van der Waals surface area (Å²) in [6, 6.07) is 15.3. The highest BCUT2D eigenvalue weighted by Gasteiger charge is 2.25. The Bertz CT molecular complexity index is 1010. The van der Waals surface area contributed by atoms with Crippen molar-refractivity contribution in [3.05, 3.63) is 88.7 Å². The van der Waals surface area contributed by atoms with Gasteiger partial charge in [-0.1, -0.05) is 62.7 Å². The fraction of sp³-hybridized carbons (Fsp3) is 0.370. The van der Waals surface area contributed by atoms with Gasteiger partial charge in [0.2, 0.25) is 0 Å². The molecule has 1 saturated heterocycles. The van der Waals surface area contributed by atoms with Gasteiger partial charge in [-0.2, -0.15) is 0 Å². The van der Waals surface area contributed by atoms with Crippen molar-refractivity contribution < 1.29 is 13.5 Å². The molecule has 1 aliphatic rings. The molecule has 0 saturated carbocycles. The van der Waals surface area contributed by atoms with Crippen molar-refractivity contribution >= 4 is 0 Å². The molecule has 2 aromatic carbocycles. The summed E-state index contributed by atoms with van der Waals surface area (Å²) in [7, 11) is 0. The summed E-state index contributed by atoms with van der Waals surface area (Å²) >= 11 is 0. The molecule has 4 heteroatoms. The minimum atomic E-state index is -0.770. The van der Waals surface area contributed by atoms with Crippen molar-refractivity contribution in [2.45, 2.75) is 58.0 Å². The van der Waals surface area contributed by atoms with Gasteiger partial charge in [0.05, 0.1) is 18.4 Å². The van der Waals surface area contributed by atoms with Crippen LogP contribution in [0.1, 0.15) is 67.5 Å². The third-order valence-electron chi connectivity index (χ3n) is 6.23. The molecule has 2 atom stereocenters. The molecule has 2 unspecified atom stereocenters. The van der Waals surface area contributed by atoms with Crippen LogP contribution in [0.3, 0.4) is 0 Å². The van der Waals surface area contributed by atoms with E-state index in [1.165, 1.54) is 11.1 Å². The summed E-state index contributed by atoms with van der Waals surface area (Å²) in [4.78, 5) is 4.60. The standard InChI is InChI=1S/C27H29F2NO/c1-3-5-18-6-14-24(30-16-18)25-15-12-22(17-31-25)20-7-9-21(10-8-20)23-13-11-19(4-2)26(28)27(23)29/h6-11,13-14,16,22,25H,3-5,12,15,17H2,1-2H3. The van der Waals surface area contributed by atoms with E-state index in [0.717, 1.165) is 31.4 Å². The highest BCUT2D eigenvalue weighted by Crippen LogP contribution is 2.36. The van der Waals surface area contributed by atoms with E-state index in [-0.39, 0.29) is 6.10 Å². The van der Waals surface area contributed by atoms with Gasteiger partial charge in [0.1, 0.15) is 0 Å². The Morgan fingerprint density at radius 1 is 0.935 bits per heavy atom. The molecule has 0 spiro atoms. The molecule has 0 amide bonds. The number of halogens is 2. The first-order valence-corrected chi connectivity index (χ1v) is 11.2. The molecule has 0 aliphatic carbocycles. The SMILES string of the molecule is CCCc1ccc(C2CCC(c3ccc(-c4ccc(CC)c(F)c4F)cc3)CO2)nc1. The Morgan fingerprint density at radius 3 is 2.35 bits per heavy atom. The second-order valence-corrected chi connectivity index (χ2v) is 8.31. The van der Waals surface area contributed by atoms with Crippen LogP contribution in [-0.4, -0.2) is 11.6 Å². The van der Waals surface area contributed by atoms with Crippen LogP contribution in [0, 0.1) is 11.6 Å². The number of aromatic nitrogens is 1. The summed E-state index contributed by atoms with van der Waals surface area (Å²) in [5, 5.41) is 0. The van der Waals surface area contributed by atoms with Gasteiger partial charge in [0.25, 0.3) is 0 Å². The van der Waals surface area contributed by atoms with Crippen molar-refractivity contribution in [3.63, 3.8) is 0 Å². The maximum absolute atomic E-state index is 14.5. The predicted molar refractivity (Wildman–Crippen MR) is 120 cm³/mol. The molecule has 2 heterocycles. The van der Waals surface area contributed by atoms with Crippen LogP contribution in [0.2, 0.25) is 0 Å². The van der Waals surface area contributed by atoms with E-state index in [2.05, 4.69) is 24.0 Å². The molecule has 3 aromatic rings. The topological polar surface area (TPSA) is 22.1 Å². The van der Waals surface area contributed by atoms with Crippen molar-refractivity contribution in [1.82, 2.24) is 4.98 Å². The Morgan fingerprint density at radius 2 is 1.74 bits per heavy atom. The fourth-order valence-corrected chi connectivity index (χ4v) is 4.33. The highest BCUT2D eigenvalue weighted by atomic mass is 19.2. The fourth-order valence-electron chi connectivity index (χ4n) is 4.33. The molecule has 1 fully saturated rings. The molecule has 0 bridgehead atoms. The van der Waals surface area contributed by atoms with Crippen LogP contribution in [0.25, 0.3) is 11.1 Å². The number of hydrogen-bond donors (Lipinski definition) is 0. The van der Waals surface area contributed by atoms with Crippen molar-refractivity contribution in [2.75, 3.05) is 6.61 Å². The number of nitrogens with zero attached hydrogens (tertiary/aromatic N) is 1. The van der Waals surface area contributed by atoms with E-state index in [1.54, 1.807) is 12.1 Å². The summed E-state index contributed by atoms with van der Waals surface area (Å²) in [6.07, 6.45) is 6.58. The van der Waals surface area contributed by atoms with Gasteiger partial charge in [-0.15, -0.1) is 0 Å². The molecule has 2 nitrogen and oxygen atoms in total. The Labute approximate surface area is 183 Å². The van der Waals surface area contributed by atoms with Gasteiger partial charge in [-0.25, -0.2) is 8.78 Å². The number of rotatable bonds is 6. The molecule has 4 rings (SSSR count). The third-order valence-corrected chi connectivity index (χ3v) is 6.23. The first-order valence-electron chi connectivity index (χ1n) is 11.2. The average Bonchev–Trinajstić information content (AvgIpc) is 2.82. The van der Waals surface area contributed by atoms with Crippen molar-refractivity contribution in [3.8, 4) is 11.1 Å². The van der Waals surface area contributed by atoms with Gasteiger partial charge in [-0.05, 0) is 54.0 Å². The quantitative estimate of drug-likeness (QED) is 0.421. The maximum Gasteiger partial charge on any atom is 0.166 e. The number of pyridine rings is 1. The largest absolute Gasteiger partial charge is 0.371 e. The van der Waals surface area contributed by atoms with Crippen LogP contribution in [0.4, 0.5) is 8.78 Å².